The molecule has 0 aliphatic rings. The van der Waals surface area contributed by atoms with Crippen molar-refractivity contribution in [2.24, 2.45) is 4.99 Å². The molecule has 0 bridgehead atoms. The summed E-state index contributed by atoms with van der Waals surface area (Å²) >= 11 is 0. The zero-order valence-electron chi connectivity index (χ0n) is 16.2. The van der Waals surface area contributed by atoms with Gasteiger partial charge in [-0.3, -0.25) is 4.99 Å². The fourth-order valence-corrected chi connectivity index (χ4v) is 1.96. The number of unbranched alkanes of at least 4 members (excludes halogenated alkanes) is 1. The van der Waals surface area contributed by atoms with Crippen molar-refractivity contribution in [1.29, 1.82) is 0 Å². The fourth-order valence-electron chi connectivity index (χ4n) is 1.96. The first-order valence-corrected chi connectivity index (χ1v) is 8.83. The van der Waals surface area contributed by atoms with Gasteiger partial charge >= 0.3 is 6.09 Å². The molecule has 0 aromatic carbocycles. The lowest BCUT2D eigenvalue weighted by atomic mass is 10.1. The molecule has 0 saturated carbocycles. The van der Waals surface area contributed by atoms with E-state index in [1.54, 1.807) is 7.11 Å². The van der Waals surface area contributed by atoms with Crippen molar-refractivity contribution in [2.45, 2.75) is 65.5 Å². The second-order valence-corrected chi connectivity index (χ2v) is 6.62. The molecule has 0 rings (SSSR count). The third-order valence-corrected chi connectivity index (χ3v) is 3.05. The molecule has 0 spiro atoms. The van der Waals surface area contributed by atoms with Crippen LogP contribution in [0.1, 0.15) is 53.9 Å². The van der Waals surface area contributed by atoms with E-state index in [1.807, 2.05) is 27.7 Å². The summed E-state index contributed by atoms with van der Waals surface area (Å²) in [6.45, 7) is 12.2. The van der Waals surface area contributed by atoms with E-state index in [-0.39, 0.29) is 6.04 Å². The lowest BCUT2D eigenvalue weighted by molar-refractivity contribution is 0.0523. The maximum Gasteiger partial charge on any atom is 0.407 e. The van der Waals surface area contributed by atoms with Crippen LogP contribution in [0.5, 0.6) is 0 Å². The van der Waals surface area contributed by atoms with Crippen LogP contribution in [0.25, 0.3) is 0 Å². The highest BCUT2D eigenvalue weighted by Crippen LogP contribution is 2.07. The van der Waals surface area contributed by atoms with Crippen molar-refractivity contribution in [3.05, 3.63) is 0 Å². The van der Waals surface area contributed by atoms with E-state index < -0.39 is 11.7 Å². The molecule has 142 valence electrons. The molecule has 7 nitrogen and oxygen atoms in total. The first-order valence-electron chi connectivity index (χ1n) is 8.83. The van der Waals surface area contributed by atoms with E-state index in [0.717, 1.165) is 31.8 Å². The summed E-state index contributed by atoms with van der Waals surface area (Å²) < 4.78 is 10.3. The van der Waals surface area contributed by atoms with Crippen LogP contribution in [0.2, 0.25) is 0 Å². The summed E-state index contributed by atoms with van der Waals surface area (Å²) in [5.41, 5.74) is -0.493. The molecule has 1 amide bonds. The number of amides is 1. The molecule has 0 aliphatic carbocycles. The highest BCUT2D eigenvalue weighted by molar-refractivity contribution is 5.80. The summed E-state index contributed by atoms with van der Waals surface area (Å²) in [6, 6.07) is 0.0952. The molecule has 3 N–H and O–H groups in total. The molecule has 1 unspecified atom stereocenters. The molecule has 1 atom stereocenters. The van der Waals surface area contributed by atoms with Crippen LogP contribution in [0.15, 0.2) is 4.99 Å². The largest absolute Gasteiger partial charge is 0.444 e. The number of guanidine groups is 1. The second kappa shape index (κ2) is 12.9. The van der Waals surface area contributed by atoms with Crippen molar-refractivity contribution in [1.82, 2.24) is 16.0 Å². The summed E-state index contributed by atoms with van der Waals surface area (Å²) in [7, 11) is 1.66. The minimum atomic E-state index is -0.493. The smallest absolute Gasteiger partial charge is 0.407 e. The average Bonchev–Trinajstić information content (AvgIpc) is 2.48. The van der Waals surface area contributed by atoms with Gasteiger partial charge in [-0.2, -0.15) is 0 Å². The van der Waals surface area contributed by atoms with Gasteiger partial charge in [-0.1, -0.05) is 19.8 Å². The first-order chi connectivity index (χ1) is 11.3. The highest BCUT2D eigenvalue weighted by atomic mass is 16.6. The summed E-state index contributed by atoms with van der Waals surface area (Å²) in [5.74, 6) is 0.738. The van der Waals surface area contributed by atoms with Crippen molar-refractivity contribution < 1.29 is 14.3 Å². The van der Waals surface area contributed by atoms with Gasteiger partial charge in [-0.25, -0.2) is 4.79 Å². The lowest BCUT2D eigenvalue weighted by Gasteiger charge is -2.24. The highest BCUT2D eigenvalue weighted by Gasteiger charge is 2.18. The number of aliphatic imine (C=N–C) groups is 1. The van der Waals surface area contributed by atoms with Crippen molar-refractivity contribution in [2.75, 3.05) is 33.4 Å². The number of rotatable bonds is 10. The fraction of sp³-hybridized carbons (Fsp3) is 0.882. The number of nitrogens with one attached hydrogen (secondary N) is 3. The Morgan fingerprint density at radius 3 is 2.46 bits per heavy atom. The third kappa shape index (κ3) is 13.0. The van der Waals surface area contributed by atoms with Crippen molar-refractivity contribution in [3.63, 3.8) is 0 Å². The number of ether oxygens (including phenoxy) is 2. The van der Waals surface area contributed by atoms with E-state index in [4.69, 9.17) is 9.47 Å². The van der Waals surface area contributed by atoms with Gasteiger partial charge in [0.05, 0.1) is 13.2 Å². The van der Waals surface area contributed by atoms with Gasteiger partial charge in [-0.05, 0) is 34.1 Å². The van der Waals surface area contributed by atoms with Gasteiger partial charge in [0.2, 0.25) is 0 Å². The Labute approximate surface area is 147 Å². The Hall–Kier alpha value is -1.50. The molecule has 0 aromatic rings. The van der Waals surface area contributed by atoms with E-state index in [0.29, 0.717) is 19.7 Å². The van der Waals surface area contributed by atoms with Gasteiger partial charge < -0.3 is 25.4 Å². The Morgan fingerprint density at radius 1 is 1.21 bits per heavy atom. The molecule has 0 radical (unpaired) electrons. The minimum absolute atomic E-state index is 0.0952. The Morgan fingerprint density at radius 2 is 1.92 bits per heavy atom. The van der Waals surface area contributed by atoms with Crippen LogP contribution in [0.4, 0.5) is 4.79 Å². The molecule has 0 saturated heterocycles. The summed E-state index contributed by atoms with van der Waals surface area (Å²) in [4.78, 5) is 16.3. The lowest BCUT2D eigenvalue weighted by Crippen LogP contribution is -2.49. The van der Waals surface area contributed by atoms with Gasteiger partial charge in [0.25, 0.3) is 0 Å². The first kappa shape index (κ1) is 22.5. The number of nitrogens with zero attached hydrogens (tertiary/aromatic N) is 1. The molecule has 24 heavy (non-hydrogen) atoms. The monoisotopic (exact) mass is 344 g/mol. The molecule has 0 fully saturated rings. The Bertz CT molecular complexity index is 367. The van der Waals surface area contributed by atoms with Crippen molar-refractivity contribution in [3.8, 4) is 0 Å². The topological polar surface area (TPSA) is 84.0 Å². The van der Waals surface area contributed by atoms with E-state index in [9.17, 15) is 4.79 Å². The quantitative estimate of drug-likeness (QED) is 0.322. The molecule has 0 aliphatic heterocycles. The number of carbonyl (C=O) groups is 1. The van der Waals surface area contributed by atoms with Gasteiger partial charge in [-0.15, -0.1) is 0 Å². The molecular weight excluding hydrogens is 308 g/mol. The second-order valence-electron chi connectivity index (χ2n) is 6.62. The normalized spacial score (nSPS) is 13.3. The predicted octanol–water partition coefficient (Wildman–Crippen LogP) is 2.27. The molecule has 0 aromatic heterocycles. The maximum atomic E-state index is 11.8. The third-order valence-electron chi connectivity index (χ3n) is 3.05. The molecule has 0 heterocycles. The van der Waals surface area contributed by atoms with Crippen LogP contribution in [0, 0.1) is 0 Å². The van der Waals surface area contributed by atoms with Crippen LogP contribution in [-0.2, 0) is 9.47 Å². The summed E-state index contributed by atoms with van der Waals surface area (Å²) in [6.07, 6.45) is 2.72. The number of methoxy groups -OCH3 is 1. The van der Waals surface area contributed by atoms with Gasteiger partial charge in [0.15, 0.2) is 5.96 Å². The molecular formula is C17H36N4O3. The van der Waals surface area contributed by atoms with Crippen LogP contribution >= 0.6 is 0 Å². The Kier molecular flexibility index (Phi) is 12.1. The van der Waals surface area contributed by atoms with Gasteiger partial charge in [0.1, 0.15) is 5.60 Å². The zero-order valence-corrected chi connectivity index (χ0v) is 16.2. The average molecular weight is 345 g/mol. The number of carbonyl (C=O) groups excluding carboxylic acids is 1. The standard InChI is InChI=1S/C17H36N4O3/c1-7-9-10-14(13-20-16(22)24-17(3,4)5)21-15(18-8-2)19-11-12-23-6/h14H,7-13H2,1-6H3,(H,20,22)(H2,18,19,21). The van der Waals surface area contributed by atoms with Crippen LogP contribution < -0.4 is 16.0 Å². The van der Waals surface area contributed by atoms with Gasteiger partial charge in [0, 0.05) is 26.2 Å². The minimum Gasteiger partial charge on any atom is -0.444 e. The predicted molar refractivity (Wildman–Crippen MR) is 98.5 cm³/mol. The summed E-state index contributed by atoms with van der Waals surface area (Å²) in [5, 5.41) is 9.43. The SMILES string of the molecule is CCCCC(CNC(=O)OC(C)(C)C)NC(=NCCOC)NCC. The number of hydrogen-bond acceptors (Lipinski definition) is 4. The van der Waals surface area contributed by atoms with Crippen LogP contribution in [-0.4, -0.2) is 57.0 Å². The van der Waals surface area contributed by atoms with E-state index >= 15 is 0 Å². The molecule has 7 heteroatoms. The van der Waals surface area contributed by atoms with Crippen molar-refractivity contribution >= 4 is 12.1 Å². The number of hydrogen-bond donors (Lipinski definition) is 3. The van der Waals surface area contributed by atoms with E-state index in [2.05, 4.69) is 27.9 Å². The zero-order chi connectivity index (χ0) is 18.4. The van der Waals surface area contributed by atoms with E-state index in [1.165, 1.54) is 0 Å². The maximum absolute atomic E-state index is 11.8. The Balaban J connectivity index is 4.60. The van der Waals surface area contributed by atoms with Crippen LogP contribution in [0.3, 0.4) is 0 Å². The number of alkyl carbamates (subject to hydrolysis) is 1.